The van der Waals surface area contributed by atoms with Gasteiger partial charge in [0.25, 0.3) is 0 Å². The van der Waals surface area contributed by atoms with Crippen LogP contribution in [0.3, 0.4) is 0 Å². The maximum Gasteiger partial charge on any atom is 0.00503 e. The van der Waals surface area contributed by atoms with Crippen molar-refractivity contribution in [1.29, 1.82) is 0 Å². The Morgan fingerprint density at radius 3 is 2.53 bits per heavy atom. The van der Waals surface area contributed by atoms with Crippen LogP contribution in [0.2, 0.25) is 0 Å². The number of nitrogens with zero attached hydrogens (tertiary/aromatic N) is 1. The molecule has 0 bridgehead atoms. The molecular formula is C17H34N2. The molecule has 0 aromatic carbocycles. The van der Waals surface area contributed by atoms with E-state index in [9.17, 15) is 0 Å². The van der Waals surface area contributed by atoms with Gasteiger partial charge in [0.2, 0.25) is 0 Å². The minimum atomic E-state index is 0.593. The number of hydrogen-bond acceptors (Lipinski definition) is 2. The second-order valence-electron chi connectivity index (χ2n) is 7.36. The van der Waals surface area contributed by atoms with Gasteiger partial charge in [-0.15, -0.1) is 0 Å². The Balaban J connectivity index is 1.86. The first-order valence-corrected chi connectivity index (χ1v) is 8.58. The predicted octanol–water partition coefficient (Wildman–Crippen LogP) is 3.52. The maximum absolute atomic E-state index is 3.70. The van der Waals surface area contributed by atoms with Gasteiger partial charge < -0.3 is 10.2 Å². The fourth-order valence-corrected chi connectivity index (χ4v) is 4.01. The van der Waals surface area contributed by atoms with Crippen LogP contribution >= 0.6 is 0 Å². The monoisotopic (exact) mass is 266 g/mol. The van der Waals surface area contributed by atoms with E-state index in [1.807, 2.05) is 0 Å². The van der Waals surface area contributed by atoms with E-state index in [4.69, 9.17) is 0 Å². The van der Waals surface area contributed by atoms with Gasteiger partial charge in [-0.2, -0.15) is 0 Å². The fraction of sp³-hybridized carbons (Fsp3) is 1.00. The van der Waals surface area contributed by atoms with Gasteiger partial charge in [0.15, 0.2) is 0 Å². The lowest BCUT2D eigenvalue weighted by Crippen LogP contribution is -2.47. The van der Waals surface area contributed by atoms with Crippen molar-refractivity contribution in [3.8, 4) is 0 Å². The summed E-state index contributed by atoms with van der Waals surface area (Å²) in [5.41, 5.74) is 0.593. The van der Waals surface area contributed by atoms with E-state index < -0.39 is 0 Å². The van der Waals surface area contributed by atoms with Crippen molar-refractivity contribution in [1.82, 2.24) is 10.2 Å². The van der Waals surface area contributed by atoms with E-state index in [2.05, 4.69) is 31.0 Å². The Bertz CT molecular complexity index is 258. The van der Waals surface area contributed by atoms with Gasteiger partial charge in [-0.1, -0.05) is 33.6 Å². The molecule has 2 unspecified atom stereocenters. The molecule has 0 aromatic heterocycles. The normalized spacial score (nSPS) is 31.7. The highest BCUT2D eigenvalue weighted by molar-refractivity contribution is 4.91. The van der Waals surface area contributed by atoms with Crippen molar-refractivity contribution in [3.63, 3.8) is 0 Å². The maximum atomic E-state index is 3.70. The molecule has 2 aliphatic rings. The van der Waals surface area contributed by atoms with Gasteiger partial charge in [-0.05, 0) is 56.0 Å². The minimum Gasteiger partial charge on any atom is -0.316 e. The number of likely N-dealkylation sites (tertiary alicyclic amines) is 1. The Morgan fingerprint density at radius 2 is 1.89 bits per heavy atom. The summed E-state index contributed by atoms with van der Waals surface area (Å²) in [5.74, 6) is 1.81. The second-order valence-corrected chi connectivity index (χ2v) is 7.36. The van der Waals surface area contributed by atoms with Gasteiger partial charge >= 0.3 is 0 Å². The van der Waals surface area contributed by atoms with Crippen molar-refractivity contribution < 1.29 is 0 Å². The molecule has 0 aromatic rings. The molecule has 2 rings (SSSR count). The van der Waals surface area contributed by atoms with E-state index in [1.165, 1.54) is 71.2 Å². The van der Waals surface area contributed by atoms with E-state index in [1.54, 1.807) is 0 Å². The molecule has 2 atom stereocenters. The van der Waals surface area contributed by atoms with Crippen LogP contribution in [0.1, 0.15) is 59.3 Å². The van der Waals surface area contributed by atoms with Crippen LogP contribution in [0, 0.1) is 17.3 Å². The third kappa shape index (κ3) is 4.19. The van der Waals surface area contributed by atoms with Gasteiger partial charge in [-0.3, -0.25) is 0 Å². The molecule has 112 valence electrons. The number of piperidine rings is 1. The van der Waals surface area contributed by atoms with Gasteiger partial charge in [0.05, 0.1) is 0 Å². The van der Waals surface area contributed by atoms with Crippen LogP contribution in [0.5, 0.6) is 0 Å². The first-order valence-electron chi connectivity index (χ1n) is 8.58. The topological polar surface area (TPSA) is 15.3 Å². The smallest absolute Gasteiger partial charge is 0.00503 e. The summed E-state index contributed by atoms with van der Waals surface area (Å²) >= 11 is 0. The lowest BCUT2D eigenvalue weighted by atomic mass is 9.82. The molecule has 0 spiro atoms. The lowest BCUT2D eigenvalue weighted by Gasteiger charge is -2.41. The van der Waals surface area contributed by atoms with E-state index in [-0.39, 0.29) is 0 Å². The molecule has 1 heterocycles. The molecule has 0 radical (unpaired) electrons. The Kier molecular flexibility index (Phi) is 5.70. The highest BCUT2D eigenvalue weighted by Crippen LogP contribution is 2.39. The zero-order chi connectivity index (χ0) is 13.7. The average molecular weight is 266 g/mol. The van der Waals surface area contributed by atoms with Crippen LogP contribution in [-0.2, 0) is 0 Å². The summed E-state index contributed by atoms with van der Waals surface area (Å²) in [6, 6.07) is 0. The number of rotatable bonds is 6. The Hall–Kier alpha value is -0.0800. The zero-order valence-corrected chi connectivity index (χ0v) is 13.4. The van der Waals surface area contributed by atoms with Crippen molar-refractivity contribution in [2.24, 2.45) is 17.3 Å². The largest absolute Gasteiger partial charge is 0.316 e. The molecule has 1 aliphatic carbocycles. The Labute approximate surface area is 120 Å². The minimum absolute atomic E-state index is 0.593. The first kappa shape index (κ1) is 15.3. The summed E-state index contributed by atoms with van der Waals surface area (Å²) < 4.78 is 0. The average Bonchev–Trinajstić information content (AvgIpc) is 2.83. The molecular weight excluding hydrogens is 232 g/mol. The van der Waals surface area contributed by atoms with Gasteiger partial charge in [0, 0.05) is 19.6 Å². The number of nitrogens with one attached hydrogen (secondary N) is 1. The van der Waals surface area contributed by atoms with Crippen molar-refractivity contribution in [2.45, 2.75) is 59.3 Å². The van der Waals surface area contributed by atoms with E-state index >= 15 is 0 Å². The van der Waals surface area contributed by atoms with Gasteiger partial charge in [0.1, 0.15) is 0 Å². The zero-order valence-electron chi connectivity index (χ0n) is 13.4. The van der Waals surface area contributed by atoms with Crippen LogP contribution in [0.25, 0.3) is 0 Å². The highest BCUT2D eigenvalue weighted by Gasteiger charge is 2.36. The second kappa shape index (κ2) is 7.08. The van der Waals surface area contributed by atoms with E-state index in [0.717, 1.165) is 11.8 Å². The third-order valence-corrected chi connectivity index (χ3v) is 5.57. The summed E-state index contributed by atoms with van der Waals surface area (Å²) in [6.45, 7) is 13.6. The van der Waals surface area contributed by atoms with Crippen molar-refractivity contribution >= 4 is 0 Å². The molecule has 2 nitrogen and oxygen atoms in total. The van der Waals surface area contributed by atoms with Crippen LogP contribution in [0.4, 0.5) is 0 Å². The van der Waals surface area contributed by atoms with E-state index in [0.29, 0.717) is 5.41 Å². The predicted molar refractivity (Wildman–Crippen MR) is 83.4 cm³/mol. The molecule has 1 saturated carbocycles. The SMILES string of the molecule is CCCNCC1(CN2CCC(C)C(C)C2)CCCC1. The van der Waals surface area contributed by atoms with Crippen molar-refractivity contribution in [3.05, 3.63) is 0 Å². The Morgan fingerprint density at radius 1 is 1.16 bits per heavy atom. The molecule has 2 heteroatoms. The summed E-state index contributed by atoms with van der Waals surface area (Å²) in [7, 11) is 0. The van der Waals surface area contributed by atoms with Gasteiger partial charge in [-0.25, -0.2) is 0 Å². The molecule has 0 amide bonds. The van der Waals surface area contributed by atoms with Crippen LogP contribution in [-0.4, -0.2) is 37.6 Å². The van der Waals surface area contributed by atoms with Crippen LogP contribution in [0.15, 0.2) is 0 Å². The quantitative estimate of drug-likeness (QED) is 0.740. The molecule has 1 saturated heterocycles. The lowest BCUT2D eigenvalue weighted by molar-refractivity contribution is 0.0836. The first-order chi connectivity index (χ1) is 9.15. The third-order valence-electron chi connectivity index (χ3n) is 5.57. The molecule has 1 aliphatic heterocycles. The summed E-state index contributed by atoms with van der Waals surface area (Å²) in [5, 5.41) is 3.70. The standard InChI is InChI=1S/C17H34N2/c1-4-10-18-13-17(8-5-6-9-17)14-19-11-7-15(2)16(3)12-19/h15-16,18H,4-14H2,1-3H3. The molecule has 1 N–H and O–H groups in total. The van der Waals surface area contributed by atoms with Crippen molar-refractivity contribution in [2.75, 3.05) is 32.7 Å². The van der Waals surface area contributed by atoms with Crippen LogP contribution < -0.4 is 5.32 Å². The molecule has 19 heavy (non-hydrogen) atoms. The summed E-state index contributed by atoms with van der Waals surface area (Å²) in [6.07, 6.45) is 8.46. The number of hydrogen-bond donors (Lipinski definition) is 1. The summed E-state index contributed by atoms with van der Waals surface area (Å²) in [4.78, 5) is 2.77. The fourth-order valence-electron chi connectivity index (χ4n) is 4.01. The highest BCUT2D eigenvalue weighted by atomic mass is 15.1. The molecule has 2 fully saturated rings.